The minimum Gasteiger partial charge on any atom is -0.465 e. The van der Waals surface area contributed by atoms with Gasteiger partial charge < -0.3 is 4.74 Å². The lowest BCUT2D eigenvalue weighted by molar-refractivity contribution is 0.0600. The summed E-state index contributed by atoms with van der Waals surface area (Å²) in [7, 11) is 1.27. The van der Waals surface area contributed by atoms with E-state index >= 15 is 0 Å². The standard InChI is InChI=1S/C11H8ClN3O2/c1-17-11(16)7-6-14-10(15-9(7)12)8-4-2-3-5-13-8/h2-6H,1H3. The molecule has 0 N–H and O–H groups in total. The third-order valence-electron chi connectivity index (χ3n) is 2.04. The molecule has 0 unspecified atom stereocenters. The lowest BCUT2D eigenvalue weighted by atomic mass is 10.3. The number of rotatable bonds is 2. The molecule has 0 spiro atoms. The number of nitrogens with zero attached hydrogens (tertiary/aromatic N) is 3. The van der Waals surface area contributed by atoms with Gasteiger partial charge in [-0.2, -0.15) is 0 Å². The number of aromatic nitrogens is 3. The highest BCUT2D eigenvalue weighted by molar-refractivity contribution is 6.32. The molecule has 0 saturated heterocycles. The van der Waals surface area contributed by atoms with Crippen molar-refractivity contribution in [3.05, 3.63) is 41.3 Å². The number of pyridine rings is 1. The first-order chi connectivity index (χ1) is 8.22. The minimum absolute atomic E-state index is 0.0486. The van der Waals surface area contributed by atoms with Gasteiger partial charge in [-0.1, -0.05) is 17.7 Å². The second-order valence-electron chi connectivity index (χ2n) is 3.10. The van der Waals surface area contributed by atoms with Gasteiger partial charge in [0.2, 0.25) is 0 Å². The van der Waals surface area contributed by atoms with E-state index in [0.29, 0.717) is 11.5 Å². The smallest absolute Gasteiger partial charge is 0.342 e. The Kier molecular flexibility index (Phi) is 3.30. The van der Waals surface area contributed by atoms with E-state index in [9.17, 15) is 4.79 Å². The third kappa shape index (κ3) is 2.39. The Labute approximate surface area is 102 Å². The van der Waals surface area contributed by atoms with Gasteiger partial charge in [-0.3, -0.25) is 4.98 Å². The topological polar surface area (TPSA) is 65.0 Å². The number of hydrogen-bond donors (Lipinski definition) is 0. The van der Waals surface area contributed by atoms with Crippen LogP contribution in [0, 0.1) is 0 Å². The van der Waals surface area contributed by atoms with Crippen LogP contribution in [0.25, 0.3) is 11.5 Å². The van der Waals surface area contributed by atoms with Crippen LogP contribution in [0.4, 0.5) is 0 Å². The van der Waals surface area contributed by atoms with Gasteiger partial charge in [0, 0.05) is 12.4 Å². The van der Waals surface area contributed by atoms with Crippen molar-refractivity contribution in [3.63, 3.8) is 0 Å². The van der Waals surface area contributed by atoms with Gasteiger partial charge >= 0.3 is 5.97 Å². The summed E-state index contributed by atoms with van der Waals surface area (Å²) in [5, 5.41) is 0.0486. The molecule has 2 rings (SSSR count). The van der Waals surface area contributed by atoms with E-state index in [4.69, 9.17) is 11.6 Å². The Morgan fingerprint density at radius 2 is 2.18 bits per heavy atom. The van der Waals surface area contributed by atoms with E-state index < -0.39 is 5.97 Å². The SMILES string of the molecule is COC(=O)c1cnc(-c2ccccn2)nc1Cl. The summed E-state index contributed by atoms with van der Waals surface area (Å²) in [5.74, 6) is -0.203. The highest BCUT2D eigenvalue weighted by atomic mass is 35.5. The van der Waals surface area contributed by atoms with Crippen molar-refractivity contribution in [2.45, 2.75) is 0 Å². The zero-order valence-corrected chi connectivity index (χ0v) is 9.68. The molecule has 6 heteroatoms. The molecule has 0 saturated carbocycles. The van der Waals surface area contributed by atoms with Crippen LogP contribution in [-0.4, -0.2) is 28.0 Å². The zero-order valence-electron chi connectivity index (χ0n) is 8.92. The molecule has 0 aromatic carbocycles. The van der Waals surface area contributed by atoms with Gasteiger partial charge in [0.15, 0.2) is 5.82 Å². The summed E-state index contributed by atoms with van der Waals surface area (Å²) in [6.45, 7) is 0. The molecule has 0 aliphatic carbocycles. The van der Waals surface area contributed by atoms with Gasteiger partial charge in [0.1, 0.15) is 16.4 Å². The van der Waals surface area contributed by atoms with Gasteiger partial charge in [0.05, 0.1) is 7.11 Å². The normalized spacial score (nSPS) is 10.0. The molecule has 86 valence electrons. The molecular weight excluding hydrogens is 242 g/mol. The quantitative estimate of drug-likeness (QED) is 0.601. The molecule has 0 amide bonds. The molecule has 0 radical (unpaired) electrons. The van der Waals surface area contributed by atoms with Crippen LogP contribution in [-0.2, 0) is 4.74 Å². The second-order valence-corrected chi connectivity index (χ2v) is 3.46. The minimum atomic E-state index is -0.567. The summed E-state index contributed by atoms with van der Waals surface area (Å²) in [6, 6.07) is 5.35. The van der Waals surface area contributed by atoms with E-state index in [1.807, 2.05) is 6.07 Å². The van der Waals surface area contributed by atoms with Crippen LogP contribution in [0.15, 0.2) is 30.6 Å². The zero-order chi connectivity index (χ0) is 12.3. The van der Waals surface area contributed by atoms with Crippen LogP contribution >= 0.6 is 11.6 Å². The number of ether oxygens (including phenoxy) is 1. The van der Waals surface area contributed by atoms with E-state index in [1.165, 1.54) is 13.3 Å². The second kappa shape index (κ2) is 4.88. The molecule has 2 aromatic rings. The Balaban J connectivity index is 2.41. The summed E-state index contributed by atoms with van der Waals surface area (Å²) < 4.78 is 4.54. The maximum Gasteiger partial charge on any atom is 0.342 e. The van der Waals surface area contributed by atoms with Gasteiger partial charge in [-0.15, -0.1) is 0 Å². The van der Waals surface area contributed by atoms with Crippen molar-refractivity contribution in [2.75, 3.05) is 7.11 Å². The summed E-state index contributed by atoms with van der Waals surface area (Å²) in [4.78, 5) is 23.4. The van der Waals surface area contributed by atoms with Crippen molar-refractivity contribution < 1.29 is 9.53 Å². The Morgan fingerprint density at radius 1 is 1.35 bits per heavy atom. The van der Waals surface area contributed by atoms with Crippen molar-refractivity contribution in [2.24, 2.45) is 0 Å². The first kappa shape index (κ1) is 11.5. The highest BCUT2D eigenvalue weighted by Gasteiger charge is 2.14. The van der Waals surface area contributed by atoms with E-state index in [2.05, 4.69) is 19.7 Å². The summed E-state index contributed by atoms with van der Waals surface area (Å²) in [6.07, 6.45) is 2.95. The van der Waals surface area contributed by atoms with Crippen LogP contribution in [0.1, 0.15) is 10.4 Å². The summed E-state index contributed by atoms with van der Waals surface area (Å²) in [5.41, 5.74) is 0.722. The first-order valence-electron chi connectivity index (χ1n) is 4.74. The average molecular weight is 250 g/mol. The molecule has 17 heavy (non-hydrogen) atoms. The van der Waals surface area contributed by atoms with Crippen molar-refractivity contribution in [1.29, 1.82) is 0 Å². The van der Waals surface area contributed by atoms with E-state index in [1.54, 1.807) is 18.3 Å². The molecule has 0 aliphatic heterocycles. The number of methoxy groups -OCH3 is 1. The van der Waals surface area contributed by atoms with Gasteiger partial charge in [-0.05, 0) is 12.1 Å². The highest BCUT2D eigenvalue weighted by Crippen LogP contribution is 2.17. The number of esters is 1. The monoisotopic (exact) mass is 249 g/mol. The lowest BCUT2D eigenvalue weighted by Crippen LogP contribution is -2.05. The number of carbonyl (C=O) groups is 1. The van der Waals surface area contributed by atoms with Crippen molar-refractivity contribution in [1.82, 2.24) is 15.0 Å². The van der Waals surface area contributed by atoms with Crippen LogP contribution < -0.4 is 0 Å². The molecule has 0 fully saturated rings. The fraction of sp³-hybridized carbons (Fsp3) is 0.0909. The number of hydrogen-bond acceptors (Lipinski definition) is 5. The maximum absolute atomic E-state index is 11.3. The average Bonchev–Trinajstić information content (AvgIpc) is 2.39. The molecule has 0 atom stereocenters. The van der Waals surface area contributed by atoms with E-state index in [0.717, 1.165) is 0 Å². The first-order valence-corrected chi connectivity index (χ1v) is 5.12. The molecule has 2 heterocycles. The van der Waals surface area contributed by atoms with Crippen molar-refractivity contribution >= 4 is 17.6 Å². The van der Waals surface area contributed by atoms with Crippen LogP contribution in [0.3, 0.4) is 0 Å². The van der Waals surface area contributed by atoms with Gasteiger partial charge in [0.25, 0.3) is 0 Å². The van der Waals surface area contributed by atoms with Gasteiger partial charge in [-0.25, -0.2) is 14.8 Å². The predicted molar refractivity (Wildman–Crippen MR) is 61.6 cm³/mol. The fourth-order valence-corrected chi connectivity index (χ4v) is 1.43. The molecular formula is C11H8ClN3O2. The largest absolute Gasteiger partial charge is 0.465 e. The number of carbonyl (C=O) groups excluding carboxylic acids is 1. The molecule has 0 aliphatic rings. The predicted octanol–water partition coefficient (Wildman–Crippen LogP) is 1.98. The summed E-state index contributed by atoms with van der Waals surface area (Å²) >= 11 is 5.87. The fourth-order valence-electron chi connectivity index (χ4n) is 1.23. The van der Waals surface area contributed by atoms with Crippen LogP contribution in [0.5, 0.6) is 0 Å². The third-order valence-corrected chi connectivity index (χ3v) is 2.33. The maximum atomic E-state index is 11.3. The molecule has 0 bridgehead atoms. The molecule has 5 nitrogen and oxygen atoms in total. The van der Waals surface area contributed by atoms with Crippen LogP contribution in [0.2, 0.25) is 5.15 Å². The Bertz CT molecular complexity index is 546. The Morgan fingerprint density at radius 3 is 2.76 bits per heavy atom. The van der Waals surface area contributed by atoms with E-state index in [-0.39, 0.29) is 10.7 Å². The number of halogens is 1. The lowest BCUT2D eigenvalue weighted by Gasteiger charge is -2.03. The van der Waals surface area contributed by atoms with Crippen molar-refractivity contribution in [3.8, 4) is 11.5 Å². The molecule has 2 aromatic heterocycles. The Hall–Kier alpha value is -2.01.